The lowest BCUT2D eigenvalue weighted by atomic mass is 10.5. The maximum Gasteiger partial charge on any atom is 0.0982 e. The number of aromatic nitrogens is 1. The van der Waals surface area contributed by atoms with E-state index in [-0.39, 0.29) is 0 Å². The van der Waals surface area contributed by atoms with Crippen molar-refractivity contribution in [3.05, 3.63) is 24.4 Å². The van der Waals surface area contributed by atoms with Crippen LogP contribution in [0.2, 0.25) is 0 Å². The van der Waals surface area contributed by atoms with Crippen LogP contribution >= 0.6 is 11.8 Å². The Bertz CT molecular complexity index is 178. The number of ether oxygens (including phenoxy) is 1. The van der Waals surface area contributed by atoms with Crippen molar-refractivity contribution in [3.63, 3.8) is 0 Å². The normalized spacial score (nSPS) is 9.70. The lowest BCUT2D eigenvalue weighted by molar-refractivity contribution is 0.258. The minimum absolute atomic E-state index is 0.664. The quantitative estimate of drug-likeness (QED) is 0.490. The molecule has 0 radical (unpaired) electrons. The fourth-order valence-corrected chi connectivity index (χ4v) is 1.10. The summed E-state index contributed by atoms with van der Waals surface area (Å²) in [6, 6.07) is 5.82. The maximum atomic E-state index is 4.87. The summed E-state index contributed by atoms with van der Waals surface area (Å²) in [4.78, 5) is 4.10. The van der Waals surface area contributed by atoms with E-state index in [1.807, 2.05) is 18.2 Å². The van der Waals surface area contributed by atoms with Crippen LogP contribution < -0.4 is 0 Å². The van der Waals surface area contributed by atoms with E-state index in [2.05, 4.69) is 4.98 Å². The number of hydrogen-bond donors (Lipinski definition) is 0. The van der Waals surface area contributed by atoms with E-state index >= 15 is 0 Å². The van der Waals surface area contributed by atoms with E-state index < -0.39 is 0 Å². The van der Waals surface area contributed by atoms with E-state index in [0.29, 0.717) is 5.94 Å². The van der Waals surface area contributed by atoms with Crippen molar-refractivity contribution in [2.45, 2.75) is 5.03 Å². The minimum atomic E-state index is 0.664. The van der Waals surface area contributed by atoms with Gasteiger partial charge in [0.15, 0.2) is 0 Å². The molecule has 0 aliphatic carbocycles. The molecule has 0 atom stereocenters. The third kappa shape index (κ3) is 2.37. The van der Waals surface area contributed by atoms with Gasteiger partial charge in [0.05, 0.1) is 11.0 Å². The number of nitrogens with zero attached hydrogens (tertiary/aromatic N) is 1. The molecule has 1 aromatic rings. The molecule has 0 saturated heterocycles. The van der Waals surface area contributed by atoms with Crippen LogP contribution in [0, 0.1) is 0 Å². The van der Waals surface area contributed by atoms with Crippen LogP contribution in [0.4, 0.5) is 0 Å². The summed E-state index contributed by atoms with van der Waals surface area (Å²) >= 11 is 1.59. The zero-order chi connectivity index (χ0) is 7.23. The Morgan fingerprint density at radius 1 is 1.60 bits per heavy atom. The molecule has 1 aromatic heterocycles. The van der Waals surface area contributed by atoms with Crippen LogP contribution in [0.5, 0.6) is 0 Å². The van der Waals surface area contributed by atoms with Gasteiger partial charge in [0.1, 0.15) is 0 Å². The van der Waals surface area contributed by atoms with E-state index in [1.54, 1.807) is 25.1 Å². The van der Waals surface area contributed by atoms with E-state index in [9.17, 15) is 0 Å². The Hall–Kier alpha value is -0.540. The van der Waals surface area contributed by atoms with Crippen LogP contribution in [0.1, 0.15) is 0 Å². The second-order valence-corrected chi connectivity index (χ2v) is 2.66. The highest BCUT2D eigenvalue weighted by Gasteiger charge is 1.89. The third-order valence-corrected chi connectivity index (χ3v) is 1.85. The number of pyridine rings is 1. The third-order valence-electron chi connectivity index (χ3n) is 0.962. The van der Waals surface area contributed by atoms with Gasteiger partial charge in [-0.25, -0.2) is 4.98 Å². The number of rotatable bonds is 3. The molecule has 0 bridgehead atoms. The molecule has 0 spiro atoms. The van der Waals surface area contributed by atoms with Gasteiger partial charge in [-0.3, -0.25) is 0 Å². The Morgan fingerprint density at radius 2 is 2.50 bits per heavy atom. The molecule has 0 fully saturated rings. The molecule has 0 saturated carbocycles. The van der Waals surface area contributed by atoms with Crippen molar-refractivity contribution in [2.24, 2.45) is 0 Å². The van der Waals surface area contributed by atoms with Crippen molar-refractivity contribution in [2.75, 3.05) is 13.0 Å². The second kappa shape index (κ2) is 4.30. The fraction of sp³-hybridized carbons (Fsp3) is 0.286. The van der Waals surface area contributed by atoms with Gasteiger partial charge in [0.2, 0.25) is 0 Å². The Morgan fingerprint density at radius 3 is 3.10 bits per heavy atom. The molecule has 0 amide bonds. The Balaban J connectivity index is 2.43. The van der Waals surface area contributed by atoms with Crippen LogP contribution in [0.3, 0.4) is 0 Å². The van der Waals surface area contributed by atoms with Gasteiger partial charge in [0.25, 0.3) is 0 Å². The van der Waals surface area contributed by atoms with Crippen molar-refractivity contribution >= 4 is 11.8 Å². The summed E-state index contributed by atoms with van der Waals surface area (Å²) in [6.45, 7) is 0. The molecular formula is C7H9NOS. The smallest absolute Gasteiger partial charge is 0.0982 e. The van der Waals surface area contributed by atoms with E-state index in [0.717, 1.165) is 5.03 Å². The predicted octanol–water partition coefficient (Wildman–Crippen LogP) is 1.78. The van der Waals surface area contributed by atoms with Crippen LogP contribution in [-0.4, -0.2) is 18.0 Å². The zero-order valence-electron chi connectivity index (χ0n) is 5.78. The first-order chi connectivity index (χ1) is 4.93. The molecule has 1 heterocycles. The van der Waals surface area contributed by atoms with Crippen LogP contribution in [0.15, 0.2) is 29.4 Å². The fourth-order valence-electron chi connectivity index (χ4n) is 0.552. The van der Waals surface area contributed by atoms with Gasteiger partial charge in [-0.1, -0.05) is 17.8 Å². The molecule has 0 aliphatic rings. The molecule has 0 unspecified atom stereocenters. The molecule has 0 aromatic carbocycles. The van der Waals surface area contributed by atoms with Crippen LogP contribution in [-0.2, 0) is 4.74 Å². The molecule has 0 aliphatic heterocycles. The summed E-state index contributed by atoms with van der Waals surface area (Å²) in [5.41, 5.74) is 0. The first-order valence-electron chi connectivity index (χ1n) is 2.96. The zero-order valence-corrected chi connectivity index (χ0v) is 6.60. The van der Waals surface area contributed by atoms with Gasteiger partial charge in [-0.15, -0.1) is 0 Å². The molecule has 0 N–H and O–H groups in total. The summed E-state index contributed by atoms with van der Waals surface area (Å²) < 4.78 is 4.87. The largest absolute Gasteiger partial charge is 0.374 e. The SMILES string of the molecule is COCSc1ccccn1. The Kier molecular flexibility index (Phi) is 3.26. The van der Waals surface area contributed by atoms with E-state index in [1.165, 1.54) is 0 Å². The first kappa shape index (κ1) is 7.57. The van der Waals surface area contributed by atoms with Crippen molar-refractivity contribution < 1.29 is 4.74 Å². The van der Waals surface area contributed by atoms with Gasteiger partial charge < -0.3 is 4.74 Å². The molecule has 10 heavy (non-hydrogen) atoms. The van der Waals surface area contributed by atoms with Crippen molar-refractivity contribution in [1.29, 1.82) is 0 Å². The van der Waals surface area contributed by atoms with Gasteiger partial charge in [0, 0.05) is 13.3 Å². The number of hydrogen-bond acceptors (Lipinski definition) is 3. The van der Waals surface area contributed by atoms with Gasteiger partial charge >= 0.3 is 0 Å². The Labute approximate surface area is 64.6 Å². The topological polar surface area (TPSA) is 22.1 Å². The highest BCUT2D eigenvalue weighted by Crippen LogP contribution is 2.12. The lowest BCUT2D eigenvalue weighted by Crippen LogP contribution is -1.82. The molecule has 1 rings (SSSR count). The monoisotopic (exact) mass is 155 g/mol. The number of thioether (sulfide) groups is 1. The minimum Gasteiger partial charge on any atom is -0.374 e. The summed E-state index contributed by atoms with van der Waals surface area (Å²) in [7, 11) is 1.68. The first-order valence-corrected chi connectivity index (χ1v) is 3.95. The van der Waals surface area contributed by atoms with Crippen molar-refractivity contribution in [1.82, 2.24) is 4.98 Å². The molecule has 2 nitrogen and oxygen atoms in total. The number of methoxy groups -OCH3 is 1. The highest BCUT2D eigenvalue weighted by atomic mass is 32.2. The highest BCUT2D eigenvalue weighted by molar-refractivity contribution is 7.99. The summed E-state index contributed by atoms with van der Waals surface area (Å²) in [5, 5.41) is 1.00. The molecular weight excluding hydrogens is 146 g/mol. The summed E-state index contributed by atoms with van der Waals surface area (Å²) in [6.07, 6.45) is 1.78. The average molecular weight is 155 g/mol. The summed E-state index contributed by atoms with van der Waals surface area (Å²) in [5.74, 6) is 0.664. The van der Waals surface area contributed by atoms with Gasteiger partial charge in [-0.2, -0.15) is 0 Å². The average Bonchev–Trinajstić information content (AvgIpc) is 2.03. The predicted molar refractivity (Wildman–Crippen MR) is 42.0 cm³/mol. The van der Waals surface area contributed by atoms with Gasteiger partial charge in [-0.05, 0) is 12.1 Å². The second-order valence-electron chi connectivity index (χ2n) is 1.72. The molecule has 3 heteroatoms. The lowest BCUT2D eigenvalue weighted by Gasteiger charge is -1.96. The van der Waals surface area contributed by atoms with Crippen molar-refractivity contribution in [3.8, 4) is 0 Å². The van der Waals surface area contributed by atoms with E-state index in [4.69, 9.17) is 4.74 Å². The maximum absolute atomic E-state index is 4.87. The standard InChI is InChI=1S/C7H9NOS/c1-9-6-10-7-4-2-3-5-8-7/h2-5H,6H2,1H3. The van der Waals surface area contributed by atoms with Crippen LogP contribution in [0.25, 0.3) is 0 Å². The molecule has 54 valence electrons.